The van der Waals surface area contributed by atoms with Crippen LogP contribution in [0.25, 0.3) is 11.4 Å². The van der Waals surface area contributed by atoms with Crippen molar-refractivity contribution >= 4 is 18.4 Å². The Hall–Kier alpha value is -2.93. The van der Waals surface area contributed by atoms with Crippen LogP contribution in [-0.4, -0.2) is 34.8 Å². The average molecular weight is 368 g/mol. The van der Waals surface area contributed by atoms with Crippen molar-refractivity contribution in [2.45, 2.75) is 13.8 Å². The molecule has 0 unspecified atom stereocenters. The Labute approximate surface area is 157 Å². The summed E-state index contributed by atoms with van der Waals surface area (Å²) in [4.78, 5) is 0. The zero-order chi connectivity index (χ0) is 18.5. The molecule has 1 heterocycles. The van der Waals surface area contributed by atoms with Crippen molar-refractivity contribution in [1.82, 2.24) is 14.9 Å². The number of aryl methyl sites for hydroxylation is 1. The van der Waals surface area contributed by atoms with Crippen LogP contribution in [-0.2, 0) is 0 Å². The molecule has 0 bridgehead atoms. The summed E-state index contributed by atoms with van der Waals surface area (Å²) < 4.78 is 12.9. The number of hydrogen-bond donors (Lipinski definition) is 1. The van der Waals surface area contributed by atoms with Crippen LogP contribution in [0.3, 0.4) is 0 Å². The fraction of sp³-hybridized carbons (Fsp3) is 0.211. The summed E-state index contributed by atoms with van der Waals surface area (Å²) in [6.45, 7) is 4.54. The molecule has 0 radical (unpaired) electrons. The summed E-state index contributed by atoms with van der Waals surface area (Å²) in [6.07, 6.45) is 1.71. The molecule has 0 aliphatic heterocycles. The standard InChI is InChI=1S/C19H20N4O2S/c1-4-25-16-9-8-14(11-17(16)24-3)12-20-23-18(21-22-19(23)26)15-7-5-6-13(2)10-15/h5-12H,4H2,1-3H3,(H,22,26)/b20-12+. The van der Waals surface area contributed by atoms with E-state index in [1.54, 1.807) is 18.0 Å². The molecule has 0 aliphatic carbocycles. The molecule has 0 aliphatic rings. The van der Waals surface area contributed by atoms with Gasteiger partial charge in [0.15, 0.2) is 17.3 Å². The summed E-state index contributed by atoms with van der Waals surface area (Å²) in [5.74, 6) is 2.02. The lowest BCUT2D eigenvalue weighted by Crippen LogP contribution is -1.98. The molecule has 0 atom stereocenters. The van der Waals surface area contributed by atoms with Gasteiger partial charge in [-0.1, -0.05) is 23.8 Å². The first-order chi connectivity index (χ1) is 12.6. The molecule has 2 aromatic carbocycles. The van der Waals surface area contributed by atoms with E-state index in [0.29, 0.717) is 28.7 Å². The van der Waals surface area contributed by atoms with E-state index in [1.807, 2.05) is 56.3 Å². The minimum atomic E-state index is 0.427. The van der Waals surface area contributed by atoms with Gasteiger partial charge in [0, 0.05) is 5.56 Å². The summed E-state index contributed by atoms with van der Waals surface area (Å²) in [6, 6.07) is 13.7. The van der Waals surface area contributed by atoms with Crippen LogP contribution in [0.5, 0.6) is 11.5 Å². The SMILES string of the molecule is CCOc1ccc(/C=N/n2c(-c3cccc(C)c3)n[nH]c2=S)cc1OC. The van der Waals surface area contributed by atoms with E-state index >= 15 is 0 Å². The van der Waals surface area contributed by atoms with Crippen LogP contribution in [0, 0.1) is 11.7 Å². The highest BCUT2D eigenvalue weighted by Gasteiger charge is 2.09. The van der Waals surface area contributed by atoms with Crippen molar-refractivity contribution in [2.75, 3.05) is 13.7 Å². The third kappa shape index (κ3) is 3.83. The van der Waals surface area contributed by atoms with E-state index in [-0.39, 0.29) is 0 Å². The minimum Gasteiger partial charge on any atom is -0.493 e. The maximum atomic E-state index is 5.53. The molecule has 0 amide bonds. The van der Waals surface area contributed by atoms with E-state index in [0.717, 1.165) is 16.7 Å². The van der Waals surface area contributed by atoms with Gasteiger partial charge < -0.3 is 9.47 Å². The topological polar surface area (TPSA) is 64.4 Å². The third-order valence-electron chi connectivity index (χ3n) is 3.74. The number of aromatic nitrogens is 3. The number of methoxy groups -OCH3 is 1. The van der Waals surface area contributed by atoms with E-state index in [1.165, 1.54) is 0 Å². The molecule has 7 heteroatoms. The molecule has 0 saturated carbocycles. The van der Waals surface area contributed by atoms with Gasteiger partial charge in [-0.05, 0) is 55.9 Å². The zero-order valence-electron chi connectivity index (χ0n) is 14.9. The number of nitrogens with one attached hydrogen (secondary N) is 1. The highest BCUT2D eigenvalue weighted by atomic mass is 32.1. The predicted molar refractivity (Wildman–Crippen MR) is 105 cm³/mol. The summed E-state index contributed by atoms with van der Waals surface area (Å²) in [5.41, 5.74) is 2.95. The van der Waals surface area contributed by atoms with Gasteiger partial charge in [-0.3, -0.25) is 0 Å². The molecular weight excluding hydrogens is 348 g/mol. The second kappa shape index (κ2) is 7.97. The molecule has 0 saturated heterocycles. The maximum Gasteiger partial charge on any atom is 0.216 e. The number of H-pyrrole nitrogens is 1. The molecular formula is C19H20N4O2S. The maximum absolute atomic E-state index is 5.53. The lowest BCUT2D eigenvalue weighted by atomic mass is 10.1. The molecule has 3 rings (SSSR count). The smallest absolute Gasteiger partial charge is 0.216 e. The van der Waals surface area contributed by atoms with Crippen LogP contribution >= 0.6 is 12.2 Å². The van der Waals surface area contributed by atoms with Crippen LogP contribution in [0.15, 0.2) is 47.6 Å². The predicted octanol–water partition coefficient (Wildman–Crippen LogP) is 4.21. The first-order valence-corrected chi connectivity index (χ1v) is 8.63. The van der Waals surface area contributed by atoms with Gasteiger partial charge in [0.1, 0.15) is 0 Å². The largest absolute Gasteiger partial charge is 0.493 e. The molecule has 134 valence electrons. The Morgan fingerprint density at radius 1 is 1.23 bits per heavy atom. The van der Waals surface area contributed by atoms with E-state index in [2.05, 4.69) is 15.3 Å². The first kappa shape index (κ1) is 17.9. The lowest BCUT2D eigenvalue weighted by Gasteiger charge is -2.09. The Kier molecular flexibility index (Phi) is 5.48. The lowest BCUT2D eigenvalue weighted by molar-refractivity contribution is 0.311. The number of ether oxygens (including phenoxy) is 2. The van der Waals surface area contributed by atoms with Gasteiger partial charge in [-0.25, -0.2) is 5.10 Å². The van der Waals surface area contributed by atoms with Gasteiger partial charge in [0.25, 0.3) is 0 Å². The Bertz CT molecular complexity index is 991. The zero-order valence-corrected chi connectivity index (χ0v) is 15.7. The second-order valence-corrected chi connectivity index (χ2v) is 6.01. The number of aromatic amines is 1. The molecule has 0 spiro atoms. The monoisotopic (exact) mass is 368 g/mol. The molecule has 0 fully saturated rings. The molecule has 1 N–H and O–H groups in total. The van der Waals surface area contributed by atoms with E-state index in [9.17, 15) is 0 Å². The highest BCUT2D eigenvalue weighted by molar-refractivity contribution is 7.71. The summed E-state index contributed by atoms with van der Waals surface area (Å²) in [5, 5.41) is 11.6. The van der Waals surface area contributed by atoms with Crippen LogP contribution in [0.1, 0.15) is 18.1 Å². The second-order valence-electron chi connectivity index (χ2n) is 5.62. The number of nitrogens with zero attached hydrogens (tertiary/aromatic N) is 3. The average Bonchev–Trinajstić information content (AvgIpc) is 3.01. The Balaban J connectivity index is 1.95. The number of hydrogen-bond acceptors (Lipinski definition) is 5. The van der Waals surface area contributed by atoms with Crippen molar-refractivity contribution in [3.05, 3.63) is 58.4 Å². The first-order valence-electron chi connectivity index (χ1n) is 8.22. The highest BCUT2D eigenvalue weighted by Crippen LogP contribution is 2.27. The van der Waals surface area contributed by atoms with Gasteiger partial charge in [-0.2, -0.15) is 14.9 Å². The number of benzene rings is 2. The molecule has 1 aromatic heterocycles. The molecule has 6 nitrogen and oxygen atoms in total. The van der Waals surface area contributed by atoms with Gasteiger partial charge in [0.2, 0.25) is 4.77 Å². The van der Waals surface area contributed by atoms with Crippen molar-refractivity contribution < 1.29 is 9.47 Å². The minimum absolute atomic E-state index is 0.427. The molecule has 3 aromatic rings. The van der Waals surface area contributed by atoms with Gasteiger partial charge in [-0.15, -0.1) is 0 Å². The van der Waals surface area contributed by atoms with Gasteiger partial charge in [0.05, 0.1) is 19.9 Å². The third-order valence-corrected chi connectivity index (χ3v) is 4.00. The van der Waals surface area contributed by atoms with Crippen LogP contribution < -0.4 is 9.47 Å². The van der Waals surface area contributed by atoms with E-state index in [4.69, 9.17) is 21.7 Å². The summed E-state index contributed by atoms with van der Waals surface area (Å²) >= 11 is 5.31. The normalized spacial score (nSPS) is 11.0. The van der Waals surface area contributed by atoms with Crippen molar-refractivity contribution in [2.24, 2.45) is 5.10 Å². The number of rotatable bonds is 6. The summed E-state index contributed by atoms with van der Waals surface area (Å²) in [7, 11) is 1.61. The van der Waals surface area contributed by atoms with Crippen molar-refractivity contribution in [3.8, 4) is 22.9 Å². The quantitative estimate of drug-likeness (QED) is 0.523. The Morgan fingerprint density at radius 3 is 2.81 bits per heavy atom. The van der Waals surface area contributed by atoms with E-state index < -0.39 is 0 Å². The van der Waals surface area contributed by atoms with Crippen LogP contribution in [0.4, 0.5) is 0 Å². The van der Waals surface area contributed by atoms with Crippen LogP contribution in [0.2, 0.25) is 0 Å². The van der Waals surface area contributed by atoms with Gasteiger partial charge >= 0.3 is 0 Å². The fourth-order valence-electron chi connectivity index (χ4n) is 2.53. The fourth-order valence-corrected chi connectivity index (χ4v) is 2.71. The molecule has 26 heavy (non-hydrogen) atoms. The van der Waals surface area contributed by atoms with Crippen molar-refractivity contribution in [1.29, 1.82) is 0 Å². The Morgan fingerprint density at radius 2 is 2.08 bits per heavy atom. The van der Waals surface area contributed by atoms with Crippen molar-refractivity contribution in [3.63, 3.8) is 0 Å².